The molecule has 88 valence electrons. The molecule has 0 bridgehead atoms. The molecular formula is C12H15ClO3. The Bertz CT molecular complexity index is 377. The summed E-state index contributed by atoms with van der Waals surface area (Å²) in [5, 5.41) is 9.22. The quantitative estimate of drug-likeness (QED) is 0.862. The summed E-state index contributed by atoms with van der Waals surface area (Å²) < 4.78 is 5.63. The van der Waals surface area contributed by atoms with Gasteiger partial charge in [0, 0.05) is 11.4 Å². The number of benzene rings is 1. The van der Waals surface area contributed by atoms with E-state index in [4.69, 9.17) is 21.4 Å². The summed E-state index contributed by atoms with van der Waals surface area (Å²) in [6.45, 7) is 3.77. The first-order chi connectivity index (χ1) is 7.49. The first kappa shape index (κ1) is 12.8. The third kappa shape index (κ3) is 4.11. The lowest BCUT2D eigenvalue weighted by atomic mass is 10.2. The predicted octanol–water partition coefficient (Wildman–Crippen LogP) is 3.28. The van der Waals surface area contributed by atoms with Crippen LogP contribution in [0.25, 0.3) is 0 Å². The third-order valence-electron chi connectivity index (χ3n) is 2.23. The van der Waals surface area contributed by atoms with Crippen molar-refractivity contribution < 1.29 is 14.6 Å². The van der Waals surface area contributed by atoms with Gasteiger partial charge >= 0.3 is 5.97 Å². The van der Waals surface area contributed by atoms with Crippen molar-refractivity contribution in [3.8, 4) is 5.75 Å². The van der Waals surface area contributed by atoms with E-state index in [9.17, 15) is 4.79 Å². The summed E-state index contributed by atoms with van der Waals surface area (Å²) >= 11 is 5.82. The smallest absolute Gasteiger partial charge is 0.303 e. The lowest BCUT2D eigenvalue weighted by Crippen LogP contribution is -2.14. The van der Waals surface area contributed by atoms with Crippen LogP contribution in [-0.2, 0) is 4.79 Å². The Labute approximate surface area is 100.0 Å². The number of rotatable bonds is 5. The number of aliphatic carboxylic acids is 1. The Balaban J connectivity index is 2.55. The highest BCUT2D eigenvalue weighted by molar-refractivity contribution is 6.30. The average Bonchev–Trinajstić information content (AvgIpc) is 2.19. The number of carboxylic acid groups (broad SMARTS) is 1. The molecule has 0 aliphatic heterocycles. The monoisotopic (exact) mass is 242 g/mol. The van der Waals surface area contributed by atoms with Crippen molar-refractivity contribution in [3.05, 3.63) is 28.8 Å². The number of aryl methyl sites for hydroxylation is 1. The summed E-state index contributed by atoms with van der Waals surface area (Å²) in [7, 11) is 0. The van der Waals surface area contributed by atoms with Gasteiger partial charge in [-0.15, -0.1) is 0 Å². The van der Waals surface area contributed by atoms with E-state index in [1.54, 1.807) is 12.1 Å². The maximum atomic E-state index is 10.4. The molecule has 1 unspecified atom stereocenters. The van der Waals surface area contributed by atoms with Crippen molar-refractivity contribution in [1.29, 1.82) is 0 Å². The largest absolute Gasteiger partial charge is 0.490 e. The SMILES string of the molecule is Cc1cc(Cl)ccc1OC(C)CCC(=O)O. The molecule has 3 nitrogen and oxygen atoms in total. The minimum absolute atomic E-state index is 0.115. The van der Waals surface area contributed by atoms with Gasteiger partial charge in [0.1, 0.15) is 5.75 Å². The van der Waals surface area contributed by atoms with Gasteiger partial charge in [-0.1, -0.05) is 11.6 Å². The fourth-order valence-electron chi connectivity index (χ4n) is 1.35. The molecule has 1 aromatic rings. The lowest BCUT2D eigenvalue weighted by Gasteiger charge is -2.15. The summed E-state index contributed by atoms with van der Waals surface area (Å²) in [6.07, 6.45) is 0.501. The van der Waals surface area contributed by atoms with Gasteiger partial charge in [-0.25, -0.2) is 0 Å². The molecule has 0 aliphatic carbocycles. The van der Waals surface area contributed by atoms with Gasteiger partial charge in [0.15, 0.2) is 0 Å². The van der Waals surface area contributed by atoms with E-state index < -0.39 is 5.97 Å². The Morgan fingerprint density at radius 2 is 2.25 bits per heavy atom. The summed E-state index contributed by atoms with van der Waals surface area (Å²) in [5.41, 5.74) is 0.953. The van der Waals surface area contributed by atoms with Crippen LogP contribution < -0.4 is 4.74 Å². The summed E-state index contributed by atoms with van der Waals surface area (Å²) in [6, 6.07) is 5.38. The van der Waals surface area contributed by atoms with E-state index in [1.165, 1.54) is 0 Å². The maximum Gasteiger partial charge on any atom is 0.303 e. The van der Waals surface area contributed by atoms with E-state index in [-0.39, 0.29) is 12.5 Å². The van der Waals surface area contributed by atoms with Crippen LogP contribution in [0, 0.1) is 6.92 Å². The molecule has 0 aromatic heterocycles. The molecule has 1 aromatic carbocycles. The number of ether oxygens (including phenoxy) is 1. The molecule has 0 saturated carbocycles. The minimum Gasteiger partial charge on any atom is -0.490 e. The van der Waals surface area contributed by atoms with Crippen molar-refractivity contribution in [2.75, 3.05) is 0 Å². The molecule has 0 fully saturated rings. The molecule has 0 amide bonds. The normalized spacial score (nSPS) is 12.2. The summed E-state index contributed by atoms with van der Waals surface area (Å²) in [5.74, 6) is -0.0504. The van der Waals surface area contributed by atoms with Crippen LogP contribution in [0.2, 0.25) is 5.02 Å². The number of hydrogen-bond acceptors (Lipinski definition) is 2. The molecule has 0 spiro atoms. The molecule has 4 heteroatoms. The topological polar surface area (TPSA) is 46.5 Å². The second-order valence-corrected chi connectivity index (χ2v) is 4.21. The minimum atomic E-state index is -0.803. The Hall–Kier alpha value is -1.22. The van der Waals surface area contributed by atoms with Crippen LogP contribution in [0.1, 0.15) is 25.3 Å². The van der Waals surface area contributed by atoms with E-state index in [1.807, 2.05) is 19.9 Å². The van der Waals surface area contributed by atoms with Crippen LogP contribution in [0.15, 0.2) is 18.2 Å². The van der Waals surface area contributed by atoms with E-state index in [0.29, 0.717) is 11.4 Å². The van der Waals surface area contributed by atoms with Crippen molar-refractivity contribution in [1.82, 2.24) is 0 Å². The molecule has 1 rings (SSSR count). The van der Waals surface area contributed by atoms with E-state index >= 15 is 0 Å². The van der Waals surface area contributed by atoms with Gasteiger partial charge in [0.25, 0.3) is 0 Å². The highest BCUT2D eigenvalue weighted by Crippen LogP contribution is 2.23. The van der Waals surface area contributed by atoms with Crippen LogP contribution in [0.3, 0.4) is 0 Å². The first-order valence-electron chi connectivity index (χ1n) is 5.13. The Morgan fingerprint density at radius 3 is 2.81 bits per heavy atom. The molecule has 1 N–H and O–H groups in total. The number of hydrogen-bond donors (Lipinski definition) is 1. The van der Waals surface area contributed by atoms with Crippen LogP contribution in [0.4, 0.5) is 0 Å². The summed E-state index contributed by atoms with van der Waals surface area (Å²) in [4.78, 5) is 10.4. The number of carboxylic acids is 1. The second-order valence-electron chi connectivity index (χ2n) is 3.77. The van der Waals surface area contributed by atoms with Gasteiger partial charge in [-0.2, -0.15) is 0 Å². The van der Waals surface area contributed by atoms with Crippen LogP contribution >= 0.6 is 11.6 Å². The maximum absolute atomic E-state index is 10.4. The van der Waals surface area contributed by atoms with Crippen molar-refractivity contribution in [3.63, 3.8) is 0 Å². The number of halogens is 1. The van der Waals surface area contributed by atoms with Gasteiger partial charge in [-0.05, 0) is 44.0 Å². The fourth-order valence-corrected chi connectivity index (χ4v) is 1.57. The van der Waals surface area contributed by atoms with Crippen LogP contribution in [-0.4, -0.2) is 17.2 Å². The molecule has 0 saturated heterocycles. The van der Waals surface area contributed by atoms with Gasteiger partial charge in [0.05, 0.1) is 6.10 Å². The van der Waals surface area contributed by atoms with Crippen molar-refractivity contribution >= 4 is 17.6 Å². The molecular weight excluding hydrogens is 228 g/mol. The first-order valence-corrected chi connectivity index (χ1v) is 5.51. The molecule has 0 aliphatic rings. The number of carbonyl (C=O) groups is 1. The fraction of sp³-hybridized carbons (Fsp3) is 0.417. The third-order valence-corrected chi connectivity index (χ3v) is 2.46. The molecule has 1 atom stereocenters. The van der Waals surface area contributed by atoms with E-state index in [2.05, 4.69) is 0 Å². The van der Waals surface area contributed by atoms with Gasteiger partial charge < -0.3 is 9.84 Å². The second kappa shape index (κ2) is 5.75. The Kier molecular flexibility index (Phi) is 4.62. The average molecular weight is 243 g/mol. The zero-order valence-electron chi connectivity index (χ0n) is 9.37. The van der Waals surface area contributed by atoms with Crippen LogP contribution in [0.5, 0.6) is 5.75 Å². The van der Waals surface area contributed by atoms with Gasteiger partial charge in [-0.3, -0.25) is 4.79 Å². The van der Waals surface area contributed by atoms with Crippen molar-refractivity contribution in [2.24, 2.45) is 0 Å². The standard InChI is InChI=1S/C12H15ClO3/c1-8-7-10(13)4-5-11(8)16-9(2)3-6-12(14)15/h4-5,7,9H,3,6H2,1-2H3,(H,14,15). The molecule has 16 heavy (non-hydrogen) atoms. The molecule has 0 heterocycles. The zero-order valence-corrected chi connectivity index (χ0v) is 10.1. The van der Waals surface area contributed by atoms with Crippen molar-refractivity contribution in [2.45, 2.75) is 32.8 Å². The highest BCUT2D eigenvalue weighted by atomic mass is 35.5. The highest BCUT2D eigenvalue weighted by Gasteiger charge is 2.08. The lowest BCUT2D eigenvalue weighted by molar-refractivity contribution is -0.137. The Morgan fingerprint density at radius 1 is 1.56 bits per heavy atom. The van der Waals surface area contributed by atoms with E-state index in [0.717, 1.165) is 11.3 Å². The zero-order chi connectivity index (χ0) is 12.1. The predicted molar refractivity (Wildman–Crippen MR) is 63.1 cm³/mol. The van der Waals surface area contributed by atoms with Gasteiger partial charge in [0.2, 0.25) is 0 Å². The molecule has 0 radical (unpaired) electrons.